The van der Waals surface area contributed by atoms with E-state index in [2.05, 4.69) is 18.7 Å². The Balaban J connectivity index is 0. The number of carboxylic acids is 1. The summed E-state index contributed by atoms with van der Waals surface area (Å²) < 4.78 is 0. The van der Waals surface area contributed by atoms with Crippen molar-refractivity contribution in [2.45, 2.75) is 71.6 Å². The van der Waals surface area contributed by atoms with Gasteiger partial charge in [0.05, 0.1) is 13.2 Å². The first-order valence-electron chi connectivity index (χ1n) is 8.78. The Labute approximate surface area is 136 Å². The van der Waals surface area contributed by atoms with E-state index < -0.39 is 5.97 Å². The molecule has 0 amide bonds. The van der Waals surface area contributed by atoms with Crippen molar-refractivity contribution < 1.29 is 20.1 Å². The average molecular weight is 319 g/mol. The second kappa shape index (κ2) is 20.3. The number of hydrogen-bond acceptors (Lipinski definition) is 4. The molecule has 0 aliphatic carbocycles. The second-order valence-corrected chi connectivity index (χ2v) is 5.55. The molecule has 5 heteroatoms. The summed E-state index contributed by atoms with van der Waals surface area (Å²) in [6.45, 7) is 7.03. The fourth-order valence-electron chi connectivity index (χ4n) is 2.06. The molecule has 5 nitrogen and oxygen atoms in total. The normalized spacial score (nSPS) is 10.4. The Kier molecular flexibility index (Phi) is 21.8. The van der Waals surface area contributed by atoms with Gasteiger partial charge in [-0.1, -0.05) is 52.4 Å². The molecule has 3 N–H and O–H groups in total. The highest BCUT2D eigenvalue weighted by Crippen LogP contribution is 2.06. The molecule has 0 aromatic rings. The van der Waals surface area contributed by atoms with Gasteiger partial charge >= 0.3 is 5.97 Å². The van der Waals surface area contributed by atoms with Crippen LogP contribution in [0.15, 0.2) is 0 Å². The Bertz CT molecular complexity index is 219. The number of carbonyl (C=O) groups is 1. The molecule has 0 aliphatic heterocycles. The van der Waals surface area contributed by atoms with Crippen molar-refractivity contribution in [3.63, 3.8) is 0 Å². The minimum Gasteiger partial charge on any atom is -0.481 e. The number of nitrogens with zero attached hydrogens (tertiary/aromatic N) is 1. The third-order valence-electron chi connectivity index (χ3n) is 3.40. The molecule has 0 saturated heterocycles. The lowest BCUT2D eigenvalue weighted by Crippen LogP contribution is -2.30. The fraction of sp³-hybridized carbons (Fsp3) is 0.941. The van der Waals surface area contributed by atoms with Crippen molar-refractivity contribution in [1.29, 1.82) is 0 Å². The molecule has 0 rings (SSSR count). The summed E-state index contributed by atoms with van der Waals surface area (Å²) in [4.78, 5) is 12.2. The Morgan fingerprint density at radius 1 is 0.773 bits per heavy atom. The quantitative estimate of drug-likeness (QED) is 0.429. The van der Waals surface area contributed by atoms with Gasteiger partial charge in [0.25, 0.3) is 0 Å². The van der Waals surface area contributed by atoms with Crippen molar-refractivity contribution in [3.8, 4) is 0 Å². The molecular weight excluding hydrogens is 282 g/mol. The summed E-state index contributed by atoms with van der Waals surface area (Å²) in [5, 5.41) is 25.6. The first-order valence-corrected chi connectivity index (χ1v) is 8.78. The highest BCUT2D eigenvalue weighted by Gasteiger charge is 2.00. The monoisotopic (exact) mass is 319 g/mol. The molecule has 0 aliphatic rings. The van der Waals surface area contributed by atoms with Crippen LogP contribution in [0, 0.1) is 0 Å². The van der Waals surface area contributed by atoms with E-state index in [0.29, 0.717) is 19.5 Å². The van der Waals surface area contributed by atoms with Crippen molar-refractivity contribution in [1.82, 2.24) is 4.90 Å². The van der Waals surface area contributed by atoms with Gasteiger partial charge in [0, 0.05) is 19.5 Å². The van der Waals surface area contributed by atoms with Crippen LogP contribution in [-0.4, -0.2) is 59.0 Å². The summed E-state index contributed by atoms with van der Waals surface area (Å²) in [5.74, 6) is -0.666. The van der Waals surface area contributed by atoms with Gasteiger partial charge in [-0.15, -0.1) is 0 Å². The average Bonchev–Trinajstić information content (AvgIpc) is 2.49. The molecule has 0 atom stereocenters. The van der Waals surface area contributed by atoms with Crippen LogP contribution in [0.4, 0.5) is 0 Å². The summed E-state index contributed by atoms with van der Waals surface area (Å²) >= 11 is 0. The van der Waals surface area contributed by atoms with Crippen LogP contribution in [0.1, 0.15) is 71.6 Å². The topological polar surface area (TPSA) is 81.0 Å². The number of rotatable bonds is 14. The lowest BCUT2D eigenvalue weighted by Gasteiger charge is -2.19. The summed E-state index contributed by atoms with van der Waals surface area (Å²) in [6.07, 6.45) is 9.55. The van der Waals surface area contributed by atoms with E-state index in [1.807, 2.05) is 0 Å². The minimum absolute atomic E-state index is 0.184. The molecule has 0 spiro atoms. The minimum atomic E-state index is -0.666. The molecule has 0 bridgehead atoms. The van der Waals surface area contributed by atoms with Crippen LogP contribution in [-0.2, 0) is 4.79 Å². The van der Waals surface area contributed by atoms with E-state index in [1.165, 1.54) is 25.7 Å². The van der Waals surface area contributed by atoms with Gasteiger partial charge in [-0.05, 0) is 19.4 Å². The Morgan fingerprint density at radius 3 is 1.73 bits per heavy atom. The Hall–Kier alpha value is -0.650. The molecule has 0 saturated carbocycles. The zero-order valence-corrected chi connectivity index (χ0v) is 14.6. The maximum absolute atomic E-state index is 10.1. The van der Waals surface area contributed by atoms with Crippen LogP contribution in [0.5, 0.6) is 0 Å². The van der Waals surface area contributed by atoms with Gasteiger partial charge in [-0.25, -0.2) is 0 Å². The third kappa shape index (κ3) is 21.6. The van der Waals surface area contributed by atoms with E-state index in [1.54, 1.807) is 0 Å². The lowest BCUT2D eigenvalue weighted by atomic mass is 10.1. The molecule has 0 fully saturated rings. The van der Waals surface area contributed by atoms with Gasteiger partial charge in [0.2, 0.25) is 0 Å². The van der Waals surface area contributed by atoms with Crippen LogP contribution in [0.2, 0.25) is 0 Å². The van der Waals surface area contributed by atoms with E-state index in [4.69, 9.17) is 15.3 Å². The maximum atomic E-state index is 10.1. The molecular formula is C17H37NO4. The standard InChI is InChI=1S/C9H18O2.C8H19NO2/c1-2-3-4-5-6-7-8-9(10)11;1-2-3-4-9(5-7-10)6-8-11/h2-8H2,1H3,(H,10,11);10-11H,2-8H2,1H3. The third-order valence-corrected chi connectivity index (χ3v) is 3.40. The van der Waals surface area contributed by atoms with E-state index in [9.17, 15) is 4.79 Å². The summed E-state index contributed by atoms with van der Waals surface area (Å²) in [6, 6.07) is 0. The van der Waals surface area contributed by atoms with E-state index in [0.717, 1.165) is 32.2 Å². The fourth-order valence-corrected chi connectivity index (χ4v) is 2.06. The van der Waals surface area contributed by atoms with Gasteiger partial charge in [0.15, 0.2) is 0 Å². The predicted molar refractivity (Wildman–Crippen MR) is 91.1 cm³/mol. The van der Waals surface area contributed by atoms with E-state index in [-0.39, 0.29) is 13.2 Å². The molecule has 0 radical (unpaired) electrons. The molecule has 0 unspecified atom stereocenters. The molecule has 22 heavy (non-hydrogen) atoms. The number of aliphatic hydroxyl groups is 2. The zero-order valence-electron chi connectivity index (χ0n) is 14.6. The number of carboxylic acid groups (broad SMARTS) is 1. The first kappa shape index (κ1) is 23.6. The lowest BCUT2D eigenvalue weighted by molar-refractivity contribution is -0.137. The second-order valence-electron chi connectivity index (χ2n) is 5.55. The SMILES string of the molecule is CCCCCCCCC(=O)O.CCCCN(CCO)CCO. The van der Waals surface area contributed by atoms with Gasteiger partial charge < -0.3 is 15.3 Å². The molecule has 0 aromatic heterocycles. The number of aliphatic carboxylic acids is 1. The van der Waals surface area contributed by atoms with Gasteiger partial charge in [-0.2, -0.15) is 0 Å². The van der Waals surface area contributed by atoms with Crippen molar-refractivity contribution in [2.24, 2.45) is 0 Å². The predicted octanol–water partition coefficient (Wildman–Crippen LogP) is 2.89. The molecule has 0 heterocycles. The van der Waals surface area contributed by atoms with Crippen molar-refractivity contribution >= 4 is 5.97 Å². The maximum Gasteiger partial charge on any atom is 0.303 e. The highest BCUT2D eigenvalue weighted by molar-refractivity contribution is 5.66. The first-order chi connectivity index (χ1) is 10.6. The Morgan fingerprint density at radius 2 is 1.27 bits per heavy atom. The van der Waals surface area contributed by atoms with Crippen LogP contribution >= 0.6 is 0 Å². The van der Waals surface area contributed by atoms with Crippen LogP contribution in [0.3, 0.4) is 0 Å². The molecule has 0 aromatic carbocycles. The molecule has 134 valence electrons. The van der Waals surface area contributed by atoms with Crippen molar-refractivity contribution in [2.75, 3.05) is 32.8 Å². The van der Waals surface area contributed by atoms with E-state index >= 15 is 0 Å². The van der Waals surface area contributed by atoms with Crippen LogP contribution < -0.4 is 0 Å². The van der Waals surface area contributed by atoms with Gasteiger partial charge in [0.1, 0.15) is 0 Å². The number of hydrogen-bond donors (Lipinski definition) is 3. The summed E-state index contributed by atoms with van der Waals surface area (Å²) in [5.41, 5.74) is 0. The van der Waals surface area contributed by atoms with Gasteiger partial charge in [-0.3, -0.25) is 9.69 Å². The number of unbranched alkanes of at least 4 members (excludes halogenated alkanes) is 6. The highest BCUT2D eigenvalue weighted by atomic mass is 16.4. The number of aliphatic hydroxyl groups excluding tert-OH is 2. The largest absolute Gasteiger partial charge is 0.481 e. The van der Waals surface area contributed by atoms with Crippen molar-refractivity contribution in [3.05, 3.63) is 0 Å². The summed E-state index contributed by atoms with van der Waals surface area (Å²) in [7, 11) is 0. The zero-order chi connectivity index (χ0) is 17.1. The van der Waals surface area contributed by atoms with Crippen LogP contribution in [0.25, 0.3) is 0 Å². The smallest absolute Gasteiger partial charge is 0.303 e.